The molecule has 1 aliphatic heterocycles. The number of carbonyl (C=O) groups is 4. The van der Waals surface area contributed by atoms with Gasteiger partial charge in [-0.15, -0.1) is 11.3 Å². The lowest BCUT2D eigenvalue weighted by Gasteiger charge is -2.63. The summed E-state index contributed by atoms with van der Waals surface area (Å²) >= 11 is 7.77. The van der Waals surface area contributed by atoms with Crippen molar-refractivity contribution >= 4 is 52.3 Å². The molecule has 1 aliphatic carbocycles. The number of β-amino-alcohol motifs (C(OH)–C–C–N with tert-alkyl or cyclic N) is 1. The number of aliphatic hydroxyl groups is 1. The summed E-state index contributed by atoms with van der Waals surface area (Å²) in [5, 5.41) is 32.3. The van der Waals surface area contributed by atoms with Crippen molar-refractivity contribution in [2.24, 2.45) is 16.7 Å². The Hall–Kier alpha value is -5.60. The van der Waals surface area contributed by atoms with E-state index in [4.69, 9.17) is 21.1 Å². The van der Waals surface area contributed by atoms with Gasteiger partial charge in [-0.1, -0.05) is 59.2 Å². The highest BCUT2D eigenvalue weighted by Gasteiger charge is 2.64. The van der Waals surface area contributed by atoms with Crippen molar-refractivity contribution in [3.63, 3.8) is 0 Å². The molecule has 2 aromatic carbocycles. The Morgan fingerprint density at radius 2 is 1.76 bits per heavy atom. The third kappa shape index (κ3) is 11.9. The number of halogens is 1. The van der Waals surface area contributed by atoms with Gasteiger partial charge in [-0.05, 0) is 74.6 Å². The molecule has 352 valence electrons. The second-order valence-corrected chi connectivity index (χ2v) is 19.9. The summed E-state index contributed by atoms with van der Waals surface area (Å²) < 4.78 is 12.0. The number of pyridine rings is 1. The summed E-state index contributed by atoms with van der Waals surface area (Å²) in [5.41, 5.74) is 5.38. The van der Waals surface area contributed by atoms with Gasteiger partial charge in [-0.3, -0.25) is 24.2 Å². The Bertz CT molecular complexity index is 2370. The summed E-state index contributed by atoms with van der Waals surface area (Å²) in [5.74, 6) is -1.13. The smallest absolute Gasteiger partial charge is 0.251 e. The van der Waals surface area contributed by atoms with Crippen molar-refractivity contribution in [1.29, 1.82) is 5.26 Å². The molecule has 17 heteroatoms. The molecule has 2 fully saturated rings. The number of unbranched alkanes of at least 4 members (excludes halogenated alkanes) is 2. The summed E-state index contributed by atoms with van der Waals surface area (Å²) in [7, 11) is 0. The van der Waals surface area contributed by atoms with Crippen LogP contribution in [0.5, 0.6) is 5.75 Å². The molecule has 1 saturated carbocycles. The quantitative estimate of drug-likeness (QED) is 0.0592. The van der Waals surface area contributed by atoms with Crippen molar-refractivity contribution in [3.8, 4) is 22.3 Å². The average molecular weight is 942 g/mol. The van der Waals surface area contributed by atoms with Crippen LogP contribution in [-0.2, 0) is 25.7 Å². The standard InChI is InChI=1S/C49H61ClN8O7S/c1-29(2)41(45(63)58-26-36(59)21-39(58)44(62)54-25-35-17-13-33(24-53-35)42-30(3)55-28-66-42)56-40(60)27-64-20-10-8-9-19-52-34-15-11-31(12-16-34)43(61)57-46-48(4,5)47(49(46,6)7)65-37-18-14-32(23-51)38(50)22-37/h11-18,22,24,28-29,36,39,41,46-47,52,59H,8-10,19-21,25-27H2,1-7H3,(H,54,62)(H,56,60)(H,57,61)/t36-,39+,41+,46-,47-/m1/s1. The molecule has 0 bridgehead atoms. The van der Waals surface area contributed by atoms with Crippen LogP contribution in [0.2, 0.25) is 5.02 Å². The fraction of sp³-hybridized carbons (Fsp3) is 0.490. The van der Waals surface area contributed by atoms with Crippen molar-refractivity contribution in [2.45, 2.75) is 111 Å². The number of thiazole rings is 1. The van der Waals surface area contributed by atoms with E-state index in [2.05, 4.69) is 65.0 Å². The first-order valence-electron chi connectivity index (χ1n) is 22.4. The second kappa shape index (κ2) is 21.8. The minimum atomic E-state index is -0.904. The zero-order valence-electron chi connectivity index (χ0n) is 38.7. The van der Waals surface area contributed by atoms with E-state index in [1.54, 1.807) is 42.0 Å². The van der Waals surface area contributed by atoms with Crippen molar-refractivity contribution in [1.82, 2.24) is 30.8 Å². The number of nitrogens with zero attached hydrogens (tertiary/aromatic N) is 4. The summed E-state index contributed by atoms with van der Waals surface area (Å²) in [4.78, 5) is 64.5. The van der Waals surface area contributed by atoms with Crippen LogP contribution in [0.3, 0.4) is 0 Å². The number of benzene rings is 2. The number of aryl methyl sites for hydroxylation is 1. The van der Waals surface area contributed by atoms with Crippen LogP contribution in [0, 0.1) is 35.0 Å². The van der Waals surface area contributed by atoms with Crippen molar-refractivity contribution in [3.05, 3.63) is 93.8 Å². The number of anilines is 1. The summed E-state index contributed by atoms with van der Waals surface area (Å²) in [6.45, 7) is 14.8. The van der Waals surface area contributed by atoms with Gasteiger partial charge in [0.25, 0.3) is 5.91 Å². The molecule has 6 rings (SSSR count). The number of amides is 4. The van der Waals surface area contributed by atoms with E-state index < -0.39 is 35.9 Å². The number of hydrogen-bond acceptors (Lipinski definition) is 12. The summed E-state index contributed by atoms with van der Waals surface area (Å²) in [6, 6.07) is 16.3. The number of ether oxygens (including phenoxy) is 2. The number of carbonyl (C=O) groups excluding carboxylic acids is 4. The number of nitrogens with one attached hydrogen (secondary N) is 4. The molecular weight excluding hydrogens is 880 g/mol. The predicted molar refractivity (Wildman–Crippen MR) is 254 cm³/mol. The van der Waals surface area contributed by atoms with Gasteiger partial charge in [0.05, 0.1) is 45.0 Å². The molecule has 0 radical (unpaired) electrons. The largest absolute Gasteiger partial charge is 0.489 e. The number of likely N-dealkylation sites (tertiary alicyclic amines) is 1. The Balaban J connectivity index is 0.864. The zero-order chi connectivity index (χ0) is 47.8. The topological polar surface area (TPSA) is 208 Å². The molecule has 3 heterocycles. The Kier molecular flexibility index (Phi) is 16.5. The summed E-state index contributed by atoms with van der Waals surface area (Å²) in [6.07, 6.45) is 3.20. The van der Waals surface area contributed by atoms with E-state index in [0.717, 1.165) is 41.1 Å². The number of nitriles is 1. The van der Waals surface area contributed by atoms with Gasteiger partial charge in [0, 0.05) is 72.1 Å². The van der Waals surface area contributed by atoms with E-state index in [1.165, 1.54) is 16.2 Å². The van der Waals surface area contributed by atoms with Gasteiger partial charge in [-0.25, -0.2) is 4.98 Å². The van der Waals surface area contributed by atoms with Crippen molar-refractivity contribution < 1.29 is 33.8 Å². The number of hydrogen-bond donors (Lipinski definition) is 5. The number of aliphatic hydroxyl groups excluding tert-OH is 1. The molecule has 2 aliphatic rings. The monoisotopic (exact) mass is 940 g/mol. The van der Waals surface area contributed by atoms with E-state index >= 15 is 0 Å². The fourth-order valence-electron chi connectivity index (χ4n) is 9.20. The highest BCUT2D eigenvalue weighted by Crippen LogP contribution is 2.55. The van der Waals surface area contributed by atoms with Gasteiger partial charge in [0.1, 0.15) is 36.6 Å². The molecule has 66 heavy (non-hydrogen) atoms. The van der Waals surface area contributed by atoms with Crippen LogP contribution in [0.4, 0.5) is 5.69 Å². The van der Waals surface area contributed by atoms with Crippen LogP contribution in [0.25, 0.3) is 10.4 Å². The van der Waals surface area contributed by atoms with E-state index in [1.807, 2.05) is 45.0 Å². The third-order valence-electron chi connectivity index (χ3n) is 12.5. The van der Waals surface area contributed by atoms with Gasteiger partial charge < -0.3 is 40.7 Å². The van der Waals surface area contributed by atoms with Crippen molar-refractivity contribution in [2.75, 3.05) is 31.6 Å². The highest BCUT2D eigenvalue weighted by atomic mass is 35.5. The zero-order valence-corrected chi connectivity index (χ0v) is 40.2. The third-order valence-corrected chi connectivity index (χ3v) is 13.8. The molecule has 4 aromatic rings. The molecule has 5 N–H and O–H groups in total. The maximum atomic E-state index is 13.8. The van der Waals surface area contributed by atoms with Gasteiger partial charge >= 0.3 is 0 Å². The normalized spacial score (nSPS) is 19.9. The van der Waals surface area contributed by atoms with Crippen LogP contribution in [0.15, 0.2) is 66.3 Å². The molecule has 4 amide bonds. The van der Waals surface area contributed by atoms with E-state index in [0.29, 0.717) is 40.7 Å². The first kappa shape index (κ1) is 49.8. The maximum absolute atomic E-state index is 13.8. The lowest BCUT2D eigenvalue weighted by molar-refractivity contribution is -0.164. The molecule has 0 unspecified atom stereocenters. The van der Waals surface area contributed by atoms with Crippen LogP contribution in [0.1, 0.15) is 94.5 Å². The molecule has 0 spiro atoms. The SMILES string of the molecule is Cc1ncsc1-c1ccc(CNC(=O)[C@@H]2C[C@@H](O)CN2C(=O)[C@@H](NC(=O)COCCCCCNc2ccc(C(=O)N[C@H]3C(C)(C)[C@H](Oc4ccc(C#N)c(Cl)c4)C3(C)C)cc2)C(C)C)nc1. The molecule has 15 nitrogen and oxygen atoms in total. The Morgan fingerprint density at radius 3 is 2.39 bits per heavy atom. The average Bonchev–Trinajstić information content (AvgIpc) is 3.91. The number of rotatable bonds is 20. The molecule has 3 atom stereocenters. The van der Waals surface area contributed by atoms with Gasteiger partial charge in [0.2, 0.25) is 17.7 Å². The number of aromatic nitrogens is 2. The Morgan fingerprint density at radius 1 is 1.02 bits per heavy atom. The molecule has 2 aromatic heterocycles. The first-order valence-corrected chi connectivity index (χ1v) is 23.7. The molecule has 1 saturated heterocycles. The van der Waals surface area contributed by atoms with Crippen LogP contribution >= 0.6 is 22.9 Å². The lowest BCUT2D eigenvalue weighted by atomic mass is 9.49. The minimum absolute atomic E-state index is 0.0130. The highest BCUT2D eigenvalue weighted by molar-refractivity contribution is 7.13. The minimum Gasteiger partial charge on any atom is -0.489 e. The Labute approximate surface area is 396 Å². The van der Waals surface area contributed by atoms with Gasteiger partial charge in [-0.2, -0.15) is 5.26 Å². The lowest BCUT2D eigenvalue weighted by Crippen LogP contribution is -2.74. The van der Waals surface area contributed by atoms with Crippen LogP contribution < -0.4 is 26.0 Å². The predicted octanol–water partition coefficient (Wildman–Crippen LogP) is 6.67. The van der Waals surface area contributed by atoms with E-state index in [-0.39, 0.29) is 60.9 Å². The van der Waals surface area contributed by atoms with Gasteiger partial charge in [0.15, 0.2) is 0 Å². The van der Waals surface area contributed by atoms with E-state index in [9.17, 15) is 29.5 Å². The second-order valence-electron chi connectivity index (χ2n) is 18.6. The maximum Gasteiger partial charge on any atom is 0.251 e. The van der Waals surface area contributed by atoms with Crippen LogP contribution in [-0.4, -0.2) is 100 Å². The first-order chi connectivity index (χ1) is 31.4. The molecular formula is C49H61ClN8O7S. The fourth-order valence-corrected chi connectivity index (χ4v) is 10.2.